The molecule has 0 saturated carbocycles. The standard InChI is InChI=1S/C27H27N3O3/c1-2-3-5-14-21(27(32)33)19-29-25(20-12-6-4-7-13-20)22-15-8-9-16-23(22)30-26(31)24-17-10-11-18-28-24/h4,6-13,15-19H,2-3,5,14H2,1H3,(H,30,31)(H,32,33)/b21-19-,29-25?. The third kappa shape index (κ3) is 6.71. The van der Waals surface area contributed by atoms with E-state index < -0.39 is 5.97 Å². The number of nitrogens with zero attached hydrogens (tertiary/aromatic N) is 2. The Balaban J connectivity index is 2.02. The van der Waals surface area contributed by atoms with Gasteiger partial charge < -0.3 is 10.4 Å². The lowest BCUT2D eigenvalue weighted by molar-refractivity contribution is -0.132. The first kappa shape index (κ1) is 23.6. The minimum absolute atomic E-state index is 0.256. The molecule has 1 amide bonds. The van der Waals surface area contributed by atoms with Crippen LogP contribution >= 0.6 is 0 Å². The molecule has 0 saturated heterocycles. The monoisotopic (exact) mass is 441 g/mol. The van der Waals surface area contributed by atoms with Crippen LogP contribution in [0.15, 0.2) is 95.8 Å². The van der Waals surface area contributed by atoms with Crippen LogP contribution in [0, 0.1) is 0 Å². The maximum Gasteiger partial charge on any atom is 0.333 e. The summed E-state index contributed by atoms with van der Waals surface area (Å²) in [5.41, 5.74) is 3.18. The van der Waals surface area contributed by atoms with Gasteiger partial charge in [0.15, 0.2) is 0 Å². The predicted molar refractivity (Wildman–Crippen MR) is 131 cm³/mol. The van der Waals surface area contributed by atoms with Gasteiger partial charge in [0.2, 0.25) is 0 Å². The highest BCUT2D eigenvalue weighted by atomic mass is 16.4. The molecule has 33 heavy (non-hydrogen) atoms. The van der Waals surface area contributed by atoms with Gasteiger partial charge in [0.05, 0.1) is 17.0 Å². The van der Waals surface area contributed by atoms with Gasteiger partial charge in [-0.05, 0) is 31.0 Å². The van der Waals surface area contributed by atoms with Crippen LogP contribution in [0.4, 0.5) is 5.69 Å². The van der Waals surface area contributed by atoms with Crippen molar-refractivity contribution >= 4 is 23.3 Å². The van der Waals surface area contributed by atoms with Gasteiger partial charge in [0.1, 0.15) is 5.69 Å². The molecular formula is C27H27N3O3. The summed E-state index contributed by atoms with van der Waals surface area (Å²) >= 11 is 0. The van der Waals surface area contributed by atoms with Gasteiger partial charge in [-0.2, -0.15) is 0 Å². The SMILES string of the molecule is CCCCC/C(=C/N=C(c1ccccc1)c1ccccc1NC(=O)c1ccccn1)C(=O)O. The molecule has 2 aromatic carbocycles. The van der Waals surface area contributed by atoms with Crippen molar-refractivity contribution in [1.82, 2.24) is 4.98 Å². The topological polar surface area (TPSA) is 91.7 Å². The Morgan fingerprint density at radius 1 is 0.970 bits per heavy atom. The van der Waals surface area contributed by atoms with Crippen LogP contribution in [0.3, 0.4) is 0 Å². The van der Waals surface area contributed by atoms with E-state index in [4.69, 9.17) is 0 Å². The number of unbranched alkanes of at least 4 members (excludes halogenated alkanes) is 2. The first-order valence-electron chi connectivity index (χ1n) is 11.0. The highest BCUT2D eigenvalue weighted by Crippen LogP contribution is 2.22. The van der Waals surface area contributed by atoms with Gasteiger partial charge in [-0.25, -0.2) is 4.79 Å². The lowest BCUT2D eigenvalue weighted by atomic mass is 10.00. The lowest BCUT2D eigenvalue weighted by Crippen LogP contribution is -2.16. The molecule has 6 heteroatoms. The van der Waals surface area contributed by atoms with Gasteiger partial charge in [0, 0.05) is 23.5 Å². The second kappa shape index (κ2) is 12.1. The van der Waals surface area contributed by atoms with Gasteiger partial charge >= 0.3 is 5.97 Å². The number of aliphatic carboxylic acids is 1. The molecule has 0 aliphatic carbocycles. The summed E-state index contributed by atoms with van der Waals surface area (Å²) in [5, 5.41) is 12.5. The molecule has 0 aliphatic heterocycles. The molecule has 1 heterocycles. The van der Waals surface area contributed by atoms with Crippen molar-refractivity contribution in [2.75, 3.05) is 5.32 Å². The number of rotatable bonds is 10. The van der Waals surface area contributed by atoms with Crippen LogP contribution < -0.4 is 5.32 Å². The van der Waals surface area contributed by atoms with E-state index in [2.05, 4.69) is 22.2 Å². The zero-order valence-corrected chi connectivity index (χ0v) is 18.6. The van der Waals surface area contributed by atoms with Crippen LogP contribution in [0.25, 0.3) is 0 Å². The maximum atomic E-state index is 12.7. The number of benzene rings is 2. The quantitative estimate of drug-likeness (QED) is 0.239. The molecule has 2 N–H and O–H groups in total. The van der Waals surface area contributed by atoms with Crippen molar-refractivity contribution in [3.05, 3.63) is 108 Å². The Morgan fingerprint density at radius 3 is 2.39 bits per heavy atom. The summed E-state index contributed by atoms with van der Waals surface area (Å²) in [4.78, 5) is 33.2. The summed E-state index contributed by atoms with van der Waals surface area (Å²) < 4.78 is 0. The molecule has 0 spiro atoms. The smallest absolute Gasteiger partial charge is 0.333 e. The number of aromatic nitrogens is 1. The molecule has 0 bridgehead atoms. The Bertz CT molecular complexity index is 1140. The fourth-order valence-electron chi connectivity index (χ4n) is 3.31. The lowest BCUT2D eigenvalue weighted by Gasteiger charge is -2.13. The number of carbonyl (C=O) groups excluding carboxylic acids is 1. The highest BCUT2D eigenvalue weighted by Gasteiger charge is 2.15. The van der Waals surface area contributed by atoms with E-state index in [0.717, 1.165) is 24.8 Å². The summed E-state index contributed by atoms with van der Waals surface area (Å²) in [6, 6.07) is 22.0. The first-order valence-corrected chi connectivity index (χ1v) is 11.0. The summed E-state index contributed by atoms with van der Waals surface area (Å²) in [7, 11) is 0. The van der Waals surface area contributed by atoms with Crippen molar-refractivity contribution in [2.45, 2.75) is 32.6 Å². The third-order valence-electron chi connectivity index (χ3n) is 5.05. The molecular weight excluding hydrogens is 414 g/mol. The van der Waals surface area contributed by atoms with Crippen molar-refractivity contribution in [3.8, 4) is 0 Å². The zero-order valence-electron chi connectivity index (χ0n) is 18.6. The number of pyridine rings is 1. The average molecular weight is 442 g/mol. The molecule has 0 radical (unpaired) electrons. The number of amides is 1. The number of hydrogen-bond donors (Lipinski definition) is 2. The normalized spacial score (nSPS) is 11.8. The molecule has 0 unspecified atom stereocenters. The molecule has 0 fully saturated rings. The average Bonchev–Trinajstić information content (AvgIpc) is 2.85. The molecule has 3 rings (SSSR count). The number of carbonyl (C=O) groups is 2. The van der Waals surface area contributed by atoms with Gasteiger partial charge in [0.25, 0.3) is 5.91 Å². The van der Waals surface area contributed by atoms with Crippen LogP contribution in [0.1, 0.15) is 54.2 Å². The Kier molecular flexibility index (Phi) is 8.65. The molecule has 3 aromatic rings. The van der Waals surface area contributed by atoms with E-state index in [-0.39, 0.29) is 11.5 Å². The van der Waals surface area contributed by atoms with E-state index in [1.807, 2.05) is 48.5 Å². The largest absolute Gasteiger partial charge is 0.478 e. The first-order chi connectivity index (χ1) is 16.1. The number of carboxylic acid groups (broad SMARTS) is 1. The van der Waals surface area contributed by atoms with E-state index in [1.54, 1.807) is 30.5 Å². The third-order valence-corrected chi connectivity index (χ3v) is 5.05. The number of nitrogens with one attached hydrogen (secondary N) is 1. The summed E-state index contributed by atoms with van der Waals surface area (Å²) in [6.07, 6.45) is 6.21. The predicted octanol–water partition coefficient (Wildman–Crippen LogP) is 5.72. The number of carboxylic acids is 1. The Hall–Kier alpha value is -4.06. The van der Waals surface area contributed by atoms with Crippen molar-refractivity contribution in [2.24, 2.45) is 4.99 Å². The van der Waals surface area contributed by atoms with Crippen LogP contribution in [-0.2, 0) is 4.79 Å². The summed E-state index contributed by atoms with van der Waals surface area (Å²) in [5.74, 6) is -1.31. The molecule has 6 nitrogen and oxygen atoms in total. The van der Waals surface area contributed by atoms with Gasteiger partial charge in [-0.15, -0.1) is 0 Å². The second-order valence-corrected chi connectivity index (χ2v) is 7.48. The second-order valence-electron chi connectivity index (χ2n) is 7.48. The van der Waals surface area contributed by atoms with E-state index >= 15 is 0 Å². The van der Waals surface area contributed by atoms with Crippen molar-refractivity contribution in [3.63, 3.8) is 0 Å². The molecule has 1 aromatic heterocycles. The molecule has 0 aliphatic rings. The maximum absolute atomic E-state index is 12.7. The number of hydrogen-bond acceptors (Lipinski definition) is 4. The number of aliphatic imine (C=N–C) groups is 1. The molecule has 168 valence electrons. The van der Waals surface area contributed by atoms with Crippen LogP contribution in [0.5, 0.6) is 0 Å². The van der Waals surface area contributed by atoms with Crippen LogP contribution in [0.2, 0.25) is 0 Å². The van der Waals surface area contributed by atoms with E-state index in [0.29, 0.717) is 29.1 Å². The Labute approximate surface area is 193 Å². The van der Waals surface area contributed by atoms with Gasteiger partial charge in [-0.1, -0.05) is 74.4 Å². The van der Waals surface area contributed by atoms with Crippen molar-refractivity contribution < 1.29 is 14.7 Å². The van der Waals surface area contributed by atoms with Gasteiger partial charge in [-0.3, -0.25) is 14.8 Å². The number of anilines is 1. The fraction of sp³-hybridized carbons (Fsp3) is 0.185. The Morgan fingerprint density at radius 2 is 1.70 bits per heavy atom. The van der Waals surface area contributed by atoms with E-state index in [9.17, 15) is 14.7 Å². The number of para-hydroxylation sites is 1. The van der Waals surface area contributed by atoms with E-state index in [1.165, 1.54) is 6.20 Å². The minimum atomic E-state index is -0.973. The fourth-order valence-corrected chi connectivity index (χ4v) is 3.31. The van der Waals surface area contributed by atoms with Crippen LogP contribution in [-0.4, -0.2) is 27.7 Å². The zero-order chi connectivity index (χ0) is 23.5. The van der Waals surface area contributed by atoms with Crippen molar-refractivity contribution in [1.29, 1.82) is 0 Å². The molecule has 0 atom stereocenters. The summed E-state index contributed by atoms with van der Waals surface area (Å²) in [6.45, 7) is 2.08. The highest BCUT2D eigenvalue weighted by molar-refractivity contribution is 6.18. The minimum Gasteiger partial charge on any atom is -0.478 e.